The highest BCUT2D eigenvalue weighted by Crippen LogP contribution is 2.35. The fourth-order valence-electron chi connectivity index (χ4n) is 3.91. The van der Waals surface area contributed by atoms with Crippen molar-refractivity contribution in [3.63, 3.8) is 0 Å². The van der Waals surface area contributed by atoms with Crippen LogP contribution in [0.4, 0.5) is 21.6 Å². The van der Waals surface area contributed by atoms with E-state index in [0.29, 0.717) is 36.0 Å². The van der Waals surface area contributed by atoms with Crippen LogP contribution in [0.5, 0.6) is 5.75 Å². The van der Waals surface area contributed by atoms with E-state index in [0.717, 1.165) is 0 Å². The van der Waals surface area contributed by atoms with Crippen molar-refractivity contribution in [1.29, 1.82) is 0 Å². The maximum absolute atomic E-state index is 13.5. The van der Waals surface area contributed by atoms with Gasteiger partial charge in [-0.2, -0.15) is 0 Å². The van der Waals surface area contributed by atoms with E-state index in [1.807, 2.05) is 0 Å². The standard InChI is InChI=1S/C26H31ClFN5O6/c1-4-38-24(34)14-32(15-26(2,3)35)9-5-6-10-39-23-13-21-18(12-22(23)33(36)37)25(30-16-29-21)31-17-7-8-20(28)19(27)11-17/h7-8,11-13,16,35H,4-6,9-10,14-15H2,1-3H3,(H,29,30,31). The predicted octanol–water partition coefficient (Wildman–Crippen LogP) is 4.87. The number of carbonyl (C=O) groups excluding carboxylic acids is 1. The molecule has 0 atom stereocenters. The van der Waals surface area contributed by atoms with E-state index in [4.69, 9.17) is 21.1 Å². The lowest BCUT2D eigenvalue weighted by atomic mass is 10.1. The molecule has 210 valence electrons. The molecule has 0 aliphatic heterocycles. The van der Waals surface area contributed by atoms with Crippen molar-refractivity contribution in [3.05, 3.63) is 57.6 Å². The highest BCUT2D eigenvalue weighted by Gasteiger charge is 2.22. The van der Waals surface area contributed by atoms with E-state index in [1.165, 1.54) is 36.7 Å². The Morgan fingerprint density at radius 3 is 2.69 bits per heavy atom. The number of nitrogens with one attached hydrogen (secondary N) is 1. The van der Waals surface area contributed by atoms with E-state index in [9.17, 15) is 24.4 Å². The molecule has 0 spiro atoms. The first kappa shape index (κ1) is 29.9. The van der Waals surface area contributed by atoms with Crippen molar-refractivity contribution < 1.29 is 28.7 Å². The van der Waals surface area contributed by atoms with Crippen LogP contribution >= 0.6 is 11.6 Å². The zero-order valence-corrected chi connectivity index (χ0v) is 22.7. The lowest BCUT2D eigenvalue weighted by molar-refractivity contribution is -0.385. The minimum absolute atomic E-state index is 0.0506. The number of aromatic nitrogens is 2. The average Bonchev–Trinajstić information content (AvgIpc) is 2.84. The number of rotatable bonds is 14. The molecule has 0 aliphatic rings. The van der Waals surface area contributed by atoms with Crippen LogP contribution in [0.3, 0.4) is 0 Å². The molecule has 2 N–H and O–H groups in total. The molecule has 1 aromatic heterocycles. The van der Waals surface area contributed by atoms with E-state index in [2.05, 4.69) is 15.3 Å². The summed E-state index contributed by atoms with van der Waals surface area (Å²) >= 11 is 5.85. The number of nitro groups is 1. The molecule has 0 fully saturated rings. The van der Waals surface area contributed by atoms with Crippen LogP contribution in [0.2, 0.25) is 5.02 Å². The van der Waals surface area contributed by atoms with Crippen molar-refractivity contribution in [2.75, 3.05) is 38.2 Å². The highest BCUT2D eigenvalue weighted by atomic mass is 35.5. The Morgan fingerprint density at radius 1 is 1.26 bits per heavy atom. The van der Waals surface area contributed by atoms with Gasteiger partial charge < -0.3 is 19.9 Å². The van der Waals surface area contributed by atoms with E-state index in [-0.39, 0.29) is 54.5 Å². The summed E-state index contributed by atoms with van der Waals surface area (Å²) in [6, 6.07) is 6.84. The van der Waals surface area contributed by atoms with Crippen LogP contribution in [0.15, 0.2) is 36.7 Å². The maximum Gasteiger partial charge on any atom is 0.320 e. The summed E-state index contributed by atoms with van der Waals surface area (Å²) in [7, 11) is 0. The quantitative estimate of drug-likeness (QED) is 0.121. The molecule has 39 heavy (non-hydrogen) atoms. The molecule has 0 radical (unpaired) electrons. The normalized spacial score (nSPS) is 11.6. The fraction of sp³-hybridized carbons (Fsp3) is 0.423. The molecule has 1 heterocycles. The van der Waals surface area contributed by atoms with Gasteiger partial charge in [0.2, 0.25) is 0 Å². The first-order valence-corrected chi connectivity index (χ1v) is 12.7. The van der Waals surface area contributed by atoms with Crippen molar-refractivity contribution >= 4 is 45.7 Å². The van der Waals surface area contributed by atoms with E-state index < -0.39 is 16.3 Å². The summed E-state index contributed by atoms with van der Waals surface area (Å²) < 4.78 is 24.3. The second-order valence-corrected chi connectivity index (χ2v) is 9.86. The summed E-state index contributed by atoms with van der Waals surface area (Å²) in [5.41, 5.74) is -0.394. The number of anilines is 2. The smallest absolute Gasteiger partial charge is 0.320 e. The molecular weight excluding hydrogens is 533 g/mol. The summed E-state index contributed by atoms with van der Waals surface area (Å²) in [4.78, 5) is 33.3. The van der Waals surface area contributed by atoms with Gasteiger partial charge in [0.1, 0.15) is 18.0 Å². The topological polar surface area (TPSA) is 140 Å². The van der Waals surface area contributed by atoms with Crippen molar-refractivity contribution in [3.8, 4) is 5.75 Å². The number of nitrogens with zero attached hydrogens (tertiary/aromatic N) is 4. The van der Waals surface area contributed by atoms with Gasteiger partial charge in [-0.15, -0.1) is 0 Å². The van der Waals surface area contributed by atoms with Crippen molar-refractivity contribution in [2.45, 2.75) is 39.2 Å². The molecule has 11 nitrogen and oxygen atoms in total. The fourth-order valence-corrected chi connectivity index (χ4v) is 4.09. The number of hydrogen-bond donors (Lipinski definition) is 2. The van der Waals surface area contributed by atoms with Crippen LogP contribution in [-0.4, -0.2) is 69.3 Å². The van der Waals surface area contributed by atoms with Gasteiger partial charge in [-0.1, -0.05) is 11.6 Å². The van der Waals surface area contributed by atoms with Gasteiger partial charge >= 0.3 is 11.7 Å². The van der Waals surface area contributed by atoms with Crippen LogP contribution < -0.4 is 10.1 Å². The third-order valence-electron chi connectivity index (χ3n) is 5.49. The van der Waals surface area contributed by atoms with Crippen molar-refractivity contribution in [1.82, 2.24) is 14.9 Å². The van der Waals surface area contributed by atoms with Crippen LogP contribution in [0.1, 0.15) is 33.6 Å². The first-order valence-electron chi connectivity index (χ1n) is 12.3. The van der Waals surface area contributed by atoms with Gasteiger partial charge in [0.05, 0.1) is 46.2 Å². The van der Waals surface area contributed by atoms with Gasteiger partial charge in [-0.05, 0) is 58.4 Å². The number of nitro benzene ring substituents is 1. The number of aliphatic hydroxyl groups is 1. The third kappa shape index (κ3) is 8.98. The molecule has 0 amide bonds. The minimum Gasteiger partial charge on any atom is -0.487 e. The first-order chi connectivity index (χ1) is 18.5. The second-order valence-electron chi connectivity index (χ2n) is 9.45. The Kier molecular flexibility index (Phi) is 10.3. The van der Waals surface area contributed by atoms with Crippen molar-refractivity contribution in [2.24, 2.45) is 0 Å². The molecule has 3 rings (SSSR count). The lowest BCUT2D eigenvalue weighted by Crippen LogP contribution is -2.42. The van der Waals surface area contributed by atoms with Gasteiger partial charge in [0.25, 0.3) is 0 Å². The summed E-state index contributed by atoms with van der Waals surface area (Å²) in [6.07, 6.45) is 2.46. The van der Waals surface area contributed by atoms with Gasteiger partial charge in [-0.25, -0.2) is 14.4 Å². The Labute approximate surface area is 230 Å². The Hall–Kier alpha value is -3.61. The second kappa shape index (κ2) is 13.5. The molecule has 3 aromatic rings. The van der Waals surface area contributed by atoms with Gasteiger partial charge in [0.15, 0.2) is 5.75 Å². The van der Waals surface area contributed by atoms with Crippen LogP contribution in [0, 0.1) is 15.9 Å². The molecular formula is C26H31ClFN5O6. The zero-order valence-electron chi connectivity index (χ0n) is 21.9. The number of unbranched alkanes of at least 4 members (excludes halogenated alkanes) is 1. The average molecular weight is 564 g/mol. The minimum atomic E-state index is -0.993. The number of fused-ring (bicyclic) bond motifs is 1. The molecule has 0 bridgehead atoms. The number of benzene rings is 2. The Bertz CT molecular complexity index is 1320. The molecule has 0 aliphatic carbocycles. The SMILES string of the molecule is CCOC(=O)CN(CCCCOc1cc2ncnc(Nc3ccc(F)c(Cl)c3)c2cc1[N+](=O)[O-])CC(C)(C)O. The molecule has 0 saturated carbocycles. The largest absolute Gasteiger partial charge is 0.487 e. The highest BCUT2D eigenvalue weighted by molar-refractivity contribution is 6.31. The summed E-state index contributed by atoms with van der Waals surface area (Å²) in [6.45, 7) is 6.34. The van der Waals surface area contributed by atoms with E-state index in [1.54, 1.807) is 25.7 Å². The number of hydrogen-bond acceptors (Lipinski definition) is 10. The molecule has 13 heteroatoms. The molecule has 0 saturated heterocycles. The Morgan fingerprint density at radius 2 is 2.03 bits per heavy atom. The zero-order chi connectivity index (χ0) is 28.6. The monoisotopic (exact) mass is 563 g/mol. The predicted molar refractivity (Wildman–Crippen MR) is 145 cm³/mol. The number of ether oxygens (including phenoxy) is 2. The van der Waals surface area contributed by atoms with Crippen LogP contribution in [-0.2, 0) is 9.53 Å². The molecule has 2 aromatic carbocycles. The third-order valence-corrected chi connectivity index (χ3v) is 5.78. The maximum atomic E-state index is 13.5. The Balaban J connectivity index is 1.68. The number of carbonyl (C=O) groups is 1. The summed E-state index contributed by atoms with van der Waals surface area (Å²) in [5, 5.41) is 25.3. The van der Waals surface area contributed by atoms with Crippen LogP contribution in [0.25, 0.3) is 10.9 Å². The molecule has 0 unspecified atom stereocenters. The number of halogens is 2. The number of esters is 1. The van der Waals surface area contributed by atoms with E-state index >= 15 is 0 Å². The lowest BCUT2D eigenvalue weighted by Gasteiger charge is -2.28. The van der Waals surface area contributed by atoms with Gasteiger partial charge in [0, 0.05) is 24.4 Å². The summed E-state index contributed by atoms with van der Waals surface area (Å²) in [5.74, 6) is -0.605. The van der Waals surface area contributed by atoms with Gasteiger partial charge in [-0.3, -0.25) is 19.8 Å².